The first kappa shape index (κ1) is 11.2. The van der Waals surface area contributed by atoms with Gasteiger partial charge in [0.1, 0.15) is 10.7 Å². The van der Waals surface area contributed by atoms with Gasteiger partial charge in [0, 0.05) is 5.92 Å². The molecule has 1 saturated carbocycles. The first-order valence-corrected chi connectivity index (χ1v) is 7.97. The third kappa shape index (κ3) is 1.64. The number of benzene rings is 1. The minimum Gasteiger partial charge on any atom is -0.342 e. The molecule has 0 amide bonds. The average molecular weight is 274 g/mol. The Morgan fingerprint density at radius 1 is 1.16 bits per heavy atom. The number of amidine groups is 1. The number of hydrogen-bond acceptors (Lipinski definition) is 3. The Morgan fingerprint density at radius 3 is 2.74 bits per heavy atom. The van der Waals surface area contributed by atoms with Crippen LogP contribution in [0.3, 0.4) is 0 Å². The summed E-state index contributed by atoms with van der Waals surface area (Å²) in [5, 5.41) is 3.22. The molecule has 0 radical (unpaired) electrons. The molecule has 2 aliphatic carbocycles. The van der Waals surface area contributed by atoms with Crippen LogP contribution >= 0.6 is 0 Å². The Hall–Kier alpha value is -1.62. The van der Waals surface area contributed by atoms with Gasteiger partial charge in [0.15, 0.2) is 0 Å². The van der Waals surface area contributed by atoms with E-state index in [2.05, 4.69) is 21.9 Å². The molecule has 19 heavy (non-hydrogen) atoms. The van der Waals surface area contributed by atoms with Gasteiger partial charge in [-0.2, -0.15) is 8.42 Å². The Bertz CT molecular complexity index is 706. The third-order valence-corrected chi connectivity index (χ3v) is 5.63. The van der Waals surface area contributed by atoms with Gasteiger partial charge in [0.05, 0.1) is 5.69 Å². The molecule has 5 heteroatoms. The summed E-state index contributed by atoms with van der Waals surface area (Å²) < 4.78 is 28.4. The van der Waals surface area contributed by atoms with E-state index in [9.17, 15) is 8.42 Å². The summed E-state index contributed by atoms with van der Waals surface area (Å²) >= 11 is 0. The second-order valence-corrected chi connectivity index (χ2v) is 7.03. The predicted molar refractivity (Wildman–Crippen MR) is 73.5 cm³/mol. The van der Waals surface area contributed by atoms with Gasteiger partial charge in [-0.25, -0.2) is 0 Å². The molecule has 1 aliphatic heterocycles. The number of fused-ring (bicyclic) bond motifs is 3. The summed E-state index contributed by atoms with van der Waals surface area (Å²) in [5.41, 5.74) is 0.652. The molecule has 1 N–H and O–H groups in total. The smallest absolute Gasteiger partial charge is 0.286 e. The van der Waals surface area contributed by atoms with Crippen LogP contribution in [0.25, 0.3) is 0 Å². The maximum Gasteiger partial charge on any atom is 0.286 e. The molecule has 1 aromatic carbocycles. The first-order chi connectivity index (χ1) is 9.13. The molecule has 1 heterocycles. The predicted octanol–water partition coefficient (Wildman–Crippen LogP) is 2.41. The lowest BCUT2D eigenvalue weighted by molar-refractivity contribution is 0.576. The number of nitrogens with one attached hydrogen (secondary N) is 1. The van der Waals surface area contributed by atoms with Gasteiger partial charge in [-0.05, 0) is 36.8 Å². The van der Waals surface area contributed by atoms with E-state index in [0.717, 1.165) is 12.8 Å². The fourth-order valence-electron chi connectivity index (χ4n) is 3.39. The van der Waals surface area contributed by atoms with E-state index in [1.54, 1.807) is 18.2 Å². The van der Waals surface area contributed by atoms with E-state index in [0.29, 0.717) is 23.4 Å². The number of allylic oxidation sites excluding steroid dienone is 2. The molecule has 4 rings (SSSR count). The summed E-state index contributed by atoms with van der Waals surface area (Å²) in [7, 11) is -3.54. The van der Waals surface area contributed by atoms with Crippen molar-refractivity contribution in [3.05, 3.63) is 36.4 Å². The van der Waals surface area contributed by atoms with Crippen molar-refractivity contribution in [1.29, 1.82) is 0 Å². The molecule has 0 unspecified atom stereocenters. The molecule has 3 aliphatic rings. The van der Waals surface area contributed by atoms with E-state index in [1.165, 1.54) is 0 Å². The van der Waals surface area contributed by atoms with Crippen molar-refractivity contribution in [1.82, 2.24) is 0 Å². The van der Waals surface area contributed by atoms with Crippen molar-refractivity contribution in [2.75, 3.05) is 5.32 Å². The van der Waals surface area contributed by atoms with Crippen LogP contribution in [0.2, 0.25) is 0 Å². The highest BCUT2D eigenvalue weighted by atomic mass is 32.2. The molecule has 0 aromatic heterocycles. The maximum atomic E-state index is 12.2. The minimum atomic E-state index is -3.54. The molecule has 1 fully saturated rings. The standard InChI is InChI=1S/C14H14N2O2S/c17-19(18)13-4-2-1-3-12(13)15-14(16-19)11-8-9-5-6-10(11)7-9/h1-6,9-11H,7-8H2,(H,15,16)/t9-,10-,11-/m0/s1. The molecule has 1 aromatic rings. The second kappa shape index (κ2) is 3.70. The molecule has 0 saturated heterocycles. The van der Waals surface area contributed by atoms with E-state index in [-0.39, 0.29) is 10.8 Å². The Balaban J connectivity index is 1.77. The van der Waals surface area contributed by atoms with Gasteiger partial charge in [0.2, 0.25) is 0 Å². The van der Waals surface area contributed by atoms with E-state index in [1.807, 2.05) is 6.07 Å². The van der Waals surface area contributed by atoms with Crippen molar-refractivity contribution in [2.45, 2.75) is 17.7 Å². The quantitative estimate of drug-likeness (QED) is 0.800. The normalized spacial score (nSPS) is 33.7. The zero-order valence-corrected chi connectivity index (χ0v) is 11.1. The van der Waals surface area contributed by atoms with Crippen molar-refractivity contribution in [2.24, 2.45) is 22.2 Å². The zero-order chi connectivity index (χ0) is 13.0. The van der Waals surface area contributed by atoms with Gasteiger partial charge in [0.25, 0.3) is 10.0 Å². The lowest BCUT2D eigenvalue weighted by atomic mass is 9.92. The number of rotatable bonds is 1. The maximum absolute atomic E-state index is 12.2. The fourth-order valence-corrected chi connectivity index (χ4v) is 4.58. The van der Waals surface area contributed by atoms with Gasteiger partial charge in [-0.1, -0.05) is 24.3 Å². The Kier molecular flexibility index (Phi) is 2.18. The minimum absolute atomic E-state index is 0.220. The molecule has 0 spiro atoms. The number of anilines is 1. The molecular formula is C14H14N2O2S. The highest BCUT2D eigenvalue weighted by Crippen LogP contribution is 2.45. The van der Waals surface area contributed by atoms with Crippen LogP contribution in [-0.4, -0.2) is 14.3 Å². The van der Waals surface area contributed by atoms with Gasteiger partial charge in [-0.3, -0.25) is 0 Å². The van der Waals surface area contributed by atoms with E-state index >= 15 is 0 Å². The van der Waals surface area contributed by atoms with Crippen LogP contribution in [0.4, 0.5) is 5.69 Å². The molecular weight excluding hydrogens is 260 g/mol. The molecule has 4 nitrogen and oxygen atoms in total. The number of hydrogen-bond donors (Lipinski definition) is 1. The summed E-state index contributed by atoms with van der Waals surface area (Å²) in [4.78, 5) is 0.275. The number of nitrogens with zero attached hydrogens (tertiary/aromatic N) is 1. The van der Waals surface area contributed by atoms with Crippen LogP contribution in [-0.2, 0) is 10.0 Å². The summed E-state index contributed by atoms with van der Waals surface area (Å²) in [6, 6.07) is 6.95. The summed E-state index contributed by atoms with van der Waals surface area (Å²) in [5.74, 6) is 1.88. The highest BCUT2D eigenvalue weighted by Gasteiger charge is 2.40. The van der Waals surface area contributed by atoms with Crippen molar-refractivity contribution in [3.63, 3.8) is 0 Å². The lowest BCUT2D eigenvalue weighted by Gasteiger charge is -2.25. The Labute approximate surface area is 112 Å². The van der Waals surface area contributed by atoms with Gasteiger partial charge < -0.3 is 5.32 Å². The topological polar surface area (TPSA) is 58.5 Å². The summed E-state index contributed by atoms with van der Waals surface area (Å²) in [6.45, 7) is 0. The van der Waals surface area contributed by atoms with Crippen LogP contribution in [0, 0.1) is 17.8 Å². The number of para-hydroxylation sites is 1. The van der Waals surface area contributed by atoms with Gasteiger partial charge in [-0.15, -0.1) is 4.40 Å². The summed E-state index contributed by atoms with van der Waals surface area (Å²) in [6.07, 6.45) is 6.58. The molecule has 3 atom stereocenters. The van der Waals surface area contributed by atoms with Crippen LogP contribution in [0.5, 0.6) is 0 Å². The van der Waals surface area contributed by atoms with Crippen LogP contribution in [0.1, 0.15) is 12.8 Å². The first-order valence-electron chi connectivity index (χ1n) is 6.53. The average Bonchev–Trinajstić information content (AvgIpc) is 3.00. The largest absolute Gasteiger partial charge is 0.342 e. The number of sulfonamides is 1. The van der Waals surface area contributed by atoms with Crippen molar-refractivity contribution in [3.8, 4) is 0 Å². The van der Waals surface area contributed by atoms with Gasteiger partial charge >= 0.3 is 0 Å². The van der Waals surface area contributed by atoms with Crippen molar-refractivity contribution < 1.29 is 8.42 Å². The van der Waals surface area contributed by atoms with E-state index in [4.69, 9.17) is 0 Å². The highest BCUT2D eigenvalue weighted by molar-refractivity contribution is 7.90. The van der Waals surface area contributed by atoms with E-state index < -0.39 is 10.0 Å². The Morgan fingerprint density at radius 2 is 2.00 bits per heavy atom. The monoisotopic (exact) mass is 274 g/mol. The second-order valence-electron chi connectivity index (χ2n) is 5.46. The van der Waals surface area contributed by atoms with Crippen LogP contribution < -0.4 is 5.32 Å². The fraction of sp³-hybridized carbons (Fsp3) is 0.357. The third-order valence-electron chi connectivity index (χ3n) is 4.28. The van der Waals surface area contributed by atoms with Crippen LogP contribution in [0.15, 0.2) is 45.7 Å². The van der Waals surface area contributed by atoms with Crippen molar-refractivity contribution >= 4 is 21.5 Å². The molecule has 98 valence electrons. The zero-order valence-electron chi connectivity index (χ0n) is 10.3. The molecule has 2 bridgehead atoms. The lowest BCUT2D eigenvalue weighted by Crippen LogP contribution is -2.30. The SMILES string of the molecule is O=S1(=O)N=C([C@H]2C[C@H]3C=C[C@H]2C3)Nc2ccccc21.